The van der Waals surface area contributed by atoms with Gasteiger partial charge in [-0.3, -0.25) is 0 Å². The summed E-state index contributed by atoms with van der Waals surface area (Å²) in [5.41, 5.74) is 3.11. The molecule has 1 aliphatic heterocycles. The van der Waals surface area contributed by atoms with E-state index in [1.54, 1.807) is 7.11 Å². The van der Waals surface area contributed by atoms with Crippen LogP contribution < -0.4 is 9.47 Å². The van der Waals surface area contributed by atoms with E-state index in [1.807, 2.05) is 42.5 Å². The van der Waals surface area contributed by atoms with Crippen LogP contribution in [0.3, 0.4) is 0 Å². The molecule has 0 radical (unpaired) electrons. The Hall–Kier alpha value is -2.04. The minimum absolute atomic E-state index is 0.0380. The lowest BCUT2D eigenvalue weighted by Gasteiger charge is -2.19. The lowest BCUT2D eigenvalue weighted by Crippen LogP contribution is -2.13. The quantitative estimate of drug-likeness (QED) is 0.861. The van der Waals surface area contributed by atoms with Crippen LogP contribution in [0.5, 0.6) is 11.5 Å². The molecule has 1 aliphatic rings. The number of aryl methyl sites for hydroxylation is 1. The Morgan fingerprint density at radius 2 is 1.96 bits per heavy atom. The van der Waals surface area contributed by atoms with Gasteiger partial charge >= 0.3 is 0 Å². The van der Waals surface area contributed by atoms with E-state index in [2.05, 4.69) is 0 Å². The second-order valence-electron chi connectivity index (χ2n) is 5.76. The topological polar surface area (TPSA) is 58.9 Å². The van der Waals surface area contributed by atoms with Gasteiger partial charge < -0.3 is 19.7 Å². The van der Waals surface area contributed by atoms with Crippen LogP contribution in [0.25, 0.3) is 0 Å². The molecule has 0 saturated heterocycles. The molecule has 0 unspecified atom stereocenters. The van der Waals surface area contributed by atoms with Crippen molar-refractivity contribution in [1.29, 1.82) is 0 Å². The average Bonchev–Trinajstić information content (AvgIpc) is 2.98. The van der Waals surface area contributed by atoms with Crippen LogP contribution in [-0.2, 0) is 6.42 Å². The van der Waals surface area contributed by atoms with Gasteiger partial charge in [0, 0.05) is 12.2 Å². The van der Waals surface area contributed by atoms with Gasteiger partial charge in [0.25, 0.3) is 0 Å². The van der Waals surface area contributed by atoms with Gasteiger partial charge in [-0.2, -0.15) is 0 Å². The number of fused-ring (bicyclic) bond motifs is 1. The van der Waals surface area contributed by atoms with E-state index < -0.39 is 0 Å². The van der Waals surface area contributed by atoms with Crippen molar-refractivity contribution in [2.75, 3.05) is 20.3 Å². The van der Waals surface area contributed by atoms with Crippen LogP contribution in [0.1, 0.15) is 35.1 Å². The van der Waals surface area contributed by atoms with Gasteiger partial charge in [-0.25, -0.2) is 0 Å². The van der Waals surface area contributed by atoms with Gasteiger partial charge in [-0.05, 0) is 36.1 Å². The highest BCUT2D eigenvalue weighted by Gasteiger charge is 2.35. The van der Waals surface area contributed by atoms with Crippen molar-refractivity contribution in [2.24, 2.45) is 0 Å². The van der Waals surface area contributed by atoms with Crippen LogP contribution in [-0.4, -0.2) is 30.5 Å². The molecule has 0 aliphatic carbocycles. The predicted octanol–water partition coefficient (Wildman–Crippen LogP) is 2.83. The van der Waals surface area contributed by atoms with Gasteiger partial charge in [-0.1, -0.05) is 30.3 Å². The number of rotatable bonds is 6. The molecule has 0 aromatic heterocycles. The lowest BCUT2D eigenvalue weighted by atomic mass is 9.91. The van der Waals surface area contributed by atoms with Gasteiger partial charge in [-0.15, -0.1) is 0 Å². The molecular formula is C19H22O4. The third-order valence-corrected chi connectivity index (χ3v) is 4.38. The monoisotopic (exact) mass is 314 g/mol. The highest BCUT2D eigenvalue weighted by atomic mass is 16.5. The van der Waals surface area contributed by atoms with E-state index >= 15 is 0 Å². The minimum atomic E-state index is -0.210. The number of hydrogen-bond donors (Lipinski definition) is 2. The number of benzene rings is 2. The second-order valence-corrected chi connectivity index (χ2v) is 5.76. The highest BCUT2D eigenvalue weighted by Crippen LogP contribution is 2.46. The first-order chi connectivity index (χ1) is 11.3. The number of para-hydroxylation sites is 1. The first kappa shape index (κ1) is 15.8. The zero-order valence-corrected chi connectivity index (χ0v) is 13.2. The molecular weight excluding hydrogens is 292 g/mol. The molecule has 1 heterocycles. The first-order valence-corrected chi connectivity index (χ1v) is 7.92. The molecule has 3 rings (SSSR count). The van der Waals surface area contributed by atoms with Crippen molar-refractivity contribution < 1.29 is 19.7 Å². The molecule has 4 nitrogen and oxygen atoms in total. The molecule has 0 bridgehead atoms. The molecule has 0 saturated carbocycles. The number of methoxy groups -OCH3 is 1. The summed E-state index contributed by atoms with van der Waals surface area (Å²) >= 11 is 0. The Morgan fingerprint density at radius 3 is 2.70 bits per heavy atom. The van der Waals surface area contributed by atoms with Gasteiger partial charge in [0.05, 0.1) is 19.6 Å². The SMILES string of the molecule is COc1cc([C@@H]2Oc3ccccc3[C@H]2CO)ccc1CCCO. The Balaban J connectivity index is 1.90. The minimum Gasteiger partial charge on any atom is -0.496 e. The van der Waals surface area contributed by atoms with Crippen molar-refractivity contribution in [3.8, 4) is 11.5 Å². The Morgan fingerprint density at radius 1 is 1.13 bits per heavy atom. The molecule has 0 fully saturated rings. The summed E-state index contributed by atoms with van der Waals surface area (Å²) < 4.78 is 11.6. The first-order valence-electron chi connectivity index (χ1n) is 7.92. The fourth-order valence-electron chi connectivity index (χ4n) is 3.18. The van der Waals surface area contributed by atoms with Crippen molar-refractivity contribution in [3.05, 3.63) is 59.2 Å². The fourth-order valence-corrected chi connectivity index (χ4v) is 3.18. The maximum atomic E-state index is 9.80. The second kappa shape index (κ2) is 7.02. The summed E-state index contributed by atoms with van der Waals surface area (Å²) in [5.74, 6) is 1.56. The van der Waals surface area contributed by atoms with E-state index in [0.717, 1.165) is 34.6 Å². The Labute approximate surface area is 136 Å². The van der Waals surface area contributed by atoms with Gasteiger partial charge in [0.1, 0.15) is 17.6 Å². The molecule has 0 spiro atoms. The lowest BCUT2D eigenvalue weighted by molar-refractivity contribution is 0.159. The summed E-state index contributed by atoms with van der Waals surface area (Å²) in [6.07, 6.45) is 1.27. The van der Waals surface area contributed by atoms with Crippen LogP contribution in [0.2, 0.25) is 0 Å². The van der Waals surface area contributed by atoms with E-state index in [1.165, 1.54) is 0 Å². The van der Waals surface area contributed by atoms with Gasteiger partial charge in [0.15, 0.2) is 0 Å². The summed E-state index contributed by atoms with van der Waals surface area (Å²) in [6, 6.07) is 13.9. The summed E-state index contributed by atoms with van der Waals surface area (Å²) in [7, 11) is 1.65. The smallest absolute Gasteiger partial charge is 0.133 e. The normalized spacial score (nSPS) is 19.3. The molecule has 2 N–H and O–H groups in total. The highest BCUT2D eigenvalue weighted by molar-refractivity contribution is 5.46. The van der Waals surface area contributed by atoms with E-state index in [9.17, 15) is 5.11 Å². The Bertz CT molecular complexity index is 668. The number of aliphatic hydroxyl groups is 2. The number of aliphatic hydroxyl groups excluding tert-OH is 2. The molecule has 122 valence electrons. The van der Waals surface area contributed by atoms with E-state index in [4.69, 9.17) is 14.6 Å². The maximum Gasteiger partial charge on any atom is 0.133 e. The summed E-state index contributed by atoms with van der Waals surface area (Å²) in [4.78, 5) is 0. The molecule has 4 heteroatoms. The standard InChI is InChI=1S/C19H22O4/c1-22-18-11-14(9-8-13(18)5-4-10-20)19-16(12-21)15-6-2-3-7-17(15)23-19/h2-3,6-9,11,16,19-21H,4-5,10,12H2,1H3/t16-,19+/m1/s1. The molecule has 23 heavy (non-hydrogen) atoms. The van der Waals surface area contributed by atoms with Crippen LogP contribution >= 0.6 is 0 Å². The molecule has 2 atom stereocenters. The zero-order valence-electron chi connectivity index (χ0n) is 13.2. The third-order valence-electron chi connectivity index (χ3n) is 4.38. The number of hydrogen-bond acceptors (Lipinski definition) is 4. The largest absolute Gasteiger partial charge is 0.496 e. The zero-order chi connectivity index (χ0) is 16.2. The summed E-state index contributed by atoms with van der Waals surface area (Å²) in [5, 5.41) is 18.8. The maximum absolute atomic E-state index is 9.80. The van der Waals surface area contributed by atoms with Crippen LogP contribution in [0.4, 0.5) is 0 Å². The van der Waals surface area contributed by atoms with Crippen LogP contribution in [0, 0.1) is 0 Å². The fraction of sp³-hybridized carbons (Fsp3) is 0.368. The number of ether oxygens (including phenoxy) is 2. The third kappa shape index (κ3) is 3.05. The van der Waals surface area contributed by atoms with Crippen molar-refractivity contribution in [2.45, 2.75) is 24.9 Å². The van der Waals surface area contributed by atoms with Crippen LogP contribution in [0.15, 0.2) is 42.5 Å². The summed E-state index contributed by atoms with van der Waals surface area (Å²) in [6.45, 7) is 0.203. The average molecular weight is 314 g/mol. The Kier molecular flexibility index (Phi) is 4.84. The molecule has 2 aromatic rings. The van der Waals surface area contributed by atoms with Gasteiger partial charge in [0.2, 0.25) is 0 Å². The van der Waals surface area contributed by atoms with E-state index in [0.29, 0.717) is 6.42 Å². The molecule has 0 amide bonds. The van der Waals surface area contributed by atoms with Crippen molar-refractivity contribution >= 4 is 0 Å². The van der Waals surface area contributed by atoms with Crippen molar-refractivity contribution in [1.82, 2.24) is 0 Å². The molecule has 2 aromatic carbocycles. The predicted molar refractivity (Wildman–Crippen MR) is 88.0 cm³/mol. The van der Waals surface area contributed by atoms with Crippen molar-refractivity contribution in [3.63, 3.8) is 0 Å². The van der Waals surface area contributed by atoms with E-state index in [-0.39, 0.29) is 25.2 Å².